The number of carboxylic acid groups (broad SMARTS) is 1. The van der Waals surface area contributed by atoms with Gasteiger partial charge in [-0.2, -0.15) is 0 Å². The summed E-state index contributed by atoms with van der Waals surface area (Å²) in [5.41, 5.74) is 3.49. The van der Waals surface area contributed by atoms with Crippen LogP contribution in [0.15, 0.2) is 66.7 Å². The number of ether oxygens (including phenoxy) is 1. The summed E-state index contributed by atoms with van der Waals surface area (Å²) in [5, 5.41) is 22.5. The molecular formula is C25H21FN2O6. The van der Waals surface area contributed by atoms with Gasteiger partial charge >= 0.3 is 12.1 Å². The summed E-state index contributed by atoms with van der Waals surface area (Å²) in [4.78, 5) is 35.6. The molecule has 0 saturated carbocycles. The van der Waals surface area contributed by atoms with E-state index in [0.29, 0.717) is 0 Å². The Labute approximate surface area is 194 Å². The lowest BCUT2D eigenvalue weighted by atomic mass is 9.98. The Morgan fingerprint density at radius 2 is 1.56 bits per heavy atom. The van der Waals surface area contributed by atoms with Crippen LogP contribution in [-0.4, -0.2) is 47.4 Å². The summed E-state index contributed by atoms with van der Waals surface area (Å²) < 4.78 is 19.8. The van der Waals surface area contributed by atoms with Crippen molar-refractivity contribution in [2.75, 3.05) is 18.5 Å². The first-order valence-electron chi connectivity index (χ1n) is 10.5. The SMILES string of the molecule is O=C(Nc1c(F)cccc1C(=O)NCC(O)C(=O)O)OCC1c2ccccc2-c2ccccc21. The first-order valence-corrected chi connectivity index (χ1v) is 10.5. The van der Waals surface area contributed by atoms with Gasteiger partial charge in [-0.25, -0.2) is 14.0 Å². The predicted molar refractivity (Wildman–Crippen MR) is 121 cm³/mol. The molecule has 174 valence electrons. The fourth-order valence-corrected chi connectivity index (χ4v) is 3.95. The van der Waals surface area contributed by atoms with E-state index in [1.807, 2.05) is 48.5 Å². The van der Waals surface area contributed by atoms with Gasteiger partial charge in [0.1, 0.15) is 12.4 Å². The third-order valence-electron chi connectivity index (χ3n) is 5.57. The zero-order valence-corrected chi connectivity index (χ0v) is 17.8. The second-order valence-electron chi connectivity index (χ2n) is 7.68. The van der Waals surface area contributed by atoms with Crippen LogP contribution in [-0.2, 0) is 9.53 Å². The minimum Gasteiger partial charge on any atom is -0.479 e. The molecule has 0 aliphatic heterocycles. The summed E-state index contributed by atoms with van der Waals surface area (Å²) >= 11 is 0. The van der Waals surface area contributed by atoms with Gasteiger partial charge in [-0.1, -0.05) is 54.6 Å². The third-order valence-corrected chi connectivity index (χ3v) is 5.57. The number of aliphatic hydroxyl groups excluding tert-OH is 1. The molecule has 0 fully saturated rings. The van der Waals surface area contributed by atoms with E-state index in [4.69, 9.17) is 9.84 Å². The highest BCUT2D eigenvalue weighted by atomic mass is 19.1. The minimum absolute atomic E-state index is 0.000641. The van der Waals surface area contributed by atoms with Crippen molar-refractivity contribution in [1.29, 1.82) is 0 Å². The van der Waals surface area contributed by atoms with Gasteiger partial charge in [0.25, 0.3) is 5.91 Å². The Balaban J connectivity index is 1.46. The number of anilines is 1. The molecule has 8 nitrogen and oxygen atoms in total. The largest absolute Gasteiger partial charge is 0.479 e. The number of rotatable bonds is 7. The van der Waals surface area contributed by atoms with Crippen LogP contribution in [0.3, 0.4) is 0 Å². The number of carboxylic acids is 1. The number of benzene rings is 3. The summed E-state index contributed by atoms with van der Waals surface area (Å²) in [6.07, 6.45) is -2.78. The van der Waals surface area contributed by atoms with Gasteiger partial charge in [0, 0.05) is 5.92 Å². The molecule has 9 heteroatoms. The first kappa shape index (κ1) is 22.9. The van der Waals surface area contributed by atoms with Crippen molar-refractivity contribution in [3.63, 3.8) is 0 Å². The van der Waals surface area contributed by atoms with Gasteiger partial charge in [0.2, 0.25) is 0 Å². The van der Waals surface area contributed by atoms with E-state index in [0.717, 1.165) is 28.3 Å². The van der Waals surface area contributed by atoms with Gasteiger partial charge < -0.3 is 20.3 Å². The Morgan fingerprint density at radius 3 is 2.18 bits per heavy atom. The number of hydrogen-bond acceptors (Lipinski definition) is 5. The molecule has 1 atom stereocenters. The molecule has 34 heavy (non-hydrogen) atoms. The van der Waals surface area contributed by atoms with E-state index in [9.17, 15) is 23.9 Å². The molecule has 0 aromatic heterocycles. The van der Waals surface area contributed by atoms with Crippen molar-refractivity contribution in [3.8, 4) is 11.1 Å². The number of halogens is 1. The minimum atomic E-state index is -1.82. The lowest BCUT2D eigenvalue weighted by molar-refractivity contribution is -0.146. The van der Waals surface area contributed by atoms with Gasteiger partial charge in [-0.15, -0.1) is 0 Å². The topological polar surface area (TPSA) is 125 Å². The summed E-state index contributed by atoms with van der Waals surface area (Å²) in [7, 11) is 0. The van der Waals surface area contributed by atoms with Crippen LogP contribution in [0, 0.1) is 5.82 Å². The molecule has 0 spiro atoms. The van der Waals surface area contributed by atoms with E-state index in [1.54, 1.807) is 0 Å². The lowest BCUT2D eigenvalue weighted by Gasteiger charge is -2.16. The molecule has 0 heterocycles. The normalized spacial score (nSPS) is 12.9. The Morgan fingerprint density at radius 1 is 0.941 bits per heavy atom. The fraction of sp³-hybridized carbons (Fsp3) is 0.160. The molecule has 0 radical (unpaired) electrons. The highest BCUT2D eigenvalue weighted by Gasteiger charge is 2.29. The smallest absolute Gasteiger partial charge is 0.411 e. The molecule has 1 aliphatic carbocycles. The maximum absolute atomic E-state index is 14.4. The van der Waals surface area contributed by atoms with Crippen LogP contribution in [0.2, 0.25) is 0 Å². The highest BCUT2D eigenvalue weighted by Crippen LogP contribution is 2.44. The molecule has 3 aromatic carbocycles. The monoisotopic (exact) mass is 464 g/mol. The molecule has 0 bridgehead atoms. The van der Waals surface area contributed by atoms with Crippen LogP contribution in [0.25, 0.3) is 11.1 Å². The van der Waals surface area contributed by atoms with E-state index in [1.165, 1.54) is 12.1 Å². The highest BCUT2D eigenvalue weighted by molar-refractivity contribution is 6.03. The average molecular weight is 464 g/mol. The number of nitrogens with one attached hydrogen (secondary N) is 2. The van der Waals surface area contributed by atoms with E-state index in [2.05, 4.69) is 10.6 Å². The molecule has 1 aliphatic rings. The van der Waals surface area contributed by atoms with Crippen LogP contribution in [0.4, 0.5) is 14.9 Å². The first-order chi connectivity index (χ1) is 16.4. The van der Waals surface area contributed by atoms with E-state index < -0.39 is 42.1 Å². The number of amides is 2. The molecule has 2 amide bonds. The number of hydrogen-bond donors (Lipinski definition) is 4. The Bertz CT molecular complexity index is 1220. The number of fused-ring (bicyclic) bond motifs is 3. The predicted octanol–water partition coefficient (Wildman–Crippen LogP) is 3.36. The standard InChI is InChI=1S/C25H21FN2O6/c26-20-11-5-10-18(23(30)27-12-21(29)24(31)32)22(20)28-25(33)34-13-19-16-8-3-1-6-14(16)15-7-2-4-9-17(15)19/h1-11,19,21,29H,12-13H2,(H,27,30)(H,28,33)(H,31,32). The molecule has 4 N–H and O–H groups in total. The summed E-state index contributed by atoms with van der Waals surface area (Å²) in [6.45, 7) is -0.588. The molecular weight excluding hydrogens is 443 g/mol. The van der Waals surface area contributed by atoms with Crippen LogP contribution >= 0.6 is 0 Å². The van der Waals surface area contributed by atoms with Crippen molar-refractivity contribution in [3.05, 3.63) is 89.2 Å². The maximum atomic E-state index is 14.4. The number of aliphatic carboxylic acids is 1. The second-order valence-corrected chi connectivity index (χ2v) is 7.68. The van der Waals surface area contributed by atoms with Crippen LogP contribution in [0.1, 0.15) is 27.4 Å². The van der Waals surface area contributed by atoms with Crippen molar-refractivity contribution >= 4 is 23.7 Å². The Kier molecular flexibility index (Phi) is 6.55. The zero-order valence-electron chi connectivity index (χ0n) is 17.8. The van der Waals surface area contributed by atoms with Crippen LogP contribution < -0.4 is 10.6 Å². The summed E-state index contributed by atoms with van der Waals surface area (Å²) in [6, 6.07) is 19.2. The number of carbonyl (C=O) groups is 3. The number of carbonyl (C=O) groups excluding carboxylic acids is 2. The molecule has 1 unspecified atom stereocenters. The van der Waals surface area contributed by atoms with Crippen molar-refractivity contribution in [2.45, 2.75) is 12.0 Å². The average Bonchev–Trinajstić information content (AvgIpc) is 3.16. The van der Waals surface area contributed by atoms with Gasteiger partial charge in [-0.3, -0.25) is 10.1 Å². The Hall–Kier alpha value is -4.24. The molecule has 4 rings (SSSR count). The third kappa shape index (κ3) is 4.60. The van der Waals surface area contributed by atoms with Crippen molar-refractivity contribution in [2.24, 2.45) is 0 Å². The van der Waals surface area contributed by atoms with Gasteiger partial charge in [0.05, 0.1) is 17.8 Å². The number of para-hydroxylation sites is 1. The van der Waals surface area contributed by atoms with Crippen molar-refractivity contribution < 1.29 is 33.7 Å². The van der Waals surface area contributed by atoms with E-state index >= 15 is 0 Å². The lowest BCUT2D eigenvalue weighted by Crippen LogP contribution is -2.37. The van der Waals surface area contributed by atoms with Crippen molar-refractivity contribution in [1.82, 2.24) is 5.32 Å². The molecule has 0 saturated heterocycles. The molecule has 3 aromatic rings. The summed E-state index contributed by atoms with van der Waals surface area (Å²) in [5.74, 6) is -3.45. The number of aliphatic hydroxyl groups is 1. The van der Waals surface area contributed by atoms with Gasteiger partial charge in [0.15, 0.2) is 6.10 Å². The van der Waals surface area contributed by atoms with Gasteiger partial charge in [-0.05, 0) is 34.4 Å². The zero-order chi connectivity index (χ0) is 24.2. The van der Waals surface area contributed by atoms with Crippen LogP contribution in [0.5, 0.6) is 0 Å². The second kappa shape index (κ2) is 9.72. The van der Waals surface area contributed by atoms with E-state index in [-0.39, 0.29) is 18.1 Å². The quantitative estimate of drug-likeness (QED) is 0.425. The fourth-order valence-electron chi connectivity index (χ4n) is 3.95. The maximum Gasteiger partial charge on any atom is 0.411 e.